The third-order valence-corrected chi connectivity index (χ3v) is 3.50. The zero-order valence-corrected chi connectivity index (χ0v) is 8.93. The zero-order chi connectivity index (χ0) is 9.26. The highest BCUT2D eigenvalue weighted by molar-refractivity contribution is 9.10. The Morgan fingerprint density at radius 1 is 1.62 bits per heavy atom. The average molecular weight is 260 g/mol. The summed E-state index contributed by atoms with van der Waals surface area (Å²) in [6, 6.07) is 3.65. The van der Waals surface area contributed by atoms with Crippen molar-refractivity contribution in [3.63, 3.8) is 0 Å². The minimum atomic E-state index is -0.00103. The molecule has 3 nitrogen and oxygen atoms in total. The molecule has 0 bridgehead atoms. The molecule has 2 rings (SSSR count). The predicted molar refractivity (Wildman–Crippen MR) is 53.4 cm³/mol. The molecule has 0 atom stereocenters. The first-order chi connectivity index (χ1) is 6.31. The van der Waals surface area contributed by atoms with E-state index in [1.165, 1.54) is 11.3 Å². The molecular weight excluding hydrogens is 254 g/mol. The van der Waals surface area contributed by atoms with Crippen LogP contribution in [0, 0.1) is 0 Å². The predicted octanol–water partition coefficient (Wildman–Crippen LogP) is 2.66. The first-order valence-electron chi connectivity index (χ1n) is 3.61. The van der Waals surface area contributed by atoms with E-state index < -0.39 is 0 Å². The molecule has 0 fully saturated rings. The number of nitrogens with zero attached hydrogens (tertiary/aromatic N) is 1. The van der Waals surface area contributed by atoms with Crippen molar-refractivity contribution < 1.29 is 9.52 Å². The smallest absolute Gasteiger partial charge is 0.162 e. The Balaban J connectivity index is 2.43. The molecular formula is C8H6BrNO2S. The summed E-state index contributed by atoms with van der Waals surface area (Å²) in [6.45, 7) is -0.00103. The Morgan fingerprint density at radius 3 is 3.00 bits per heavy atom. The molecule has 1 N–H and O–H groups in total. The van der Waals surface area contributed by atoms with Gasteiger partial charge in [-0.25, -0.2) is 4.98 Å². The molecule has 0 unspecified atom stereocenters. The normalized spacial score (nSPS) is 10.6. The lowest BCUT2D eigenvalue weighted by molar-refractivity contribution is 0.284. The lowest BCUT2D eigenvalue weighted by Crippen LogP contribution is -1.75. The van der Waals surface area contributed by atoms with Crippen molar-refractivity contribution in [3.05, 3.63) is 27.9 Å². The van der Waals surface area contributed by atoms with Crippen LogP contribution in [0.3, 0.4) is 0 Å². The number of rotatable bonds is 2. The van der Waals surface area contributed by atoms with Gasteiger partial charge in [-0.05, 0) is 28.1 Å². The van der Waals surface area contributed by atoms with E-state index in [0.717, 1.165) is 15.6 Å². The van der Waals surface area contributed by atoms with E-state index in [-0.39, 0.29) is 6.61 Å². The van der Waals surface area contributed by atoms with Crippen LogP contribution in [0.25, 0.3) is 10.8 Å². The summed E-state index contributed by atoms with van der Waals surface area (Å²) < 4.78 is 5.86. The molecule has 0 aliphatic heterocycles. The molecule has 0 aliphatic rings. The van der Waals surface area contributed by atoms with Crippen LogP contribution in [0.2, 0.25) is 0 Å². The van der Waals surface area contributed by atoms with Crippen LogP contribution in [0.15, 0.2) is 27.4 Å². The molecule has 0 saturated carbocycles. The molecule has 68 valence electrons. The van der Waals surface area contributed by atoms with Crippen molar-refractivity contribution in [2.75, 3.05) is 0 Å². The van der Waals surface area contributed by atoms with Crippen molar-refractivity contribution in [1.82, 2.24) is 4.98 Å². The van der Waals surface area contributed by atoms with Crippen molar-refractivity contribution in [1.29, 1.82) is 0 Å². The number of aliphatic hydroxyl groups excluding tert-OH is 1. The maximum absolute atomic E-state index is 8.94. The minimum absolute atomic E-state index is 0.00103. The highest BCUT2D eigenvalue weighted by Crippen LogP contribution is 2.31. The largest absolute Gasteiger partial charge is 0.462 e. The summed E-state index contributed by atoms with van der Waals surface area (Å²) in [5, 5.41) is 9.72. The van der Waals surface area contributed by atoms with Crippen molar-refractivity contribution in [2.45, 2.75) is 6.61 Å². The first kappa shape index (κ1) is 8.93. The third kappa shape index (κ3) is 1.67. The second kappa shape index (κ2) is 3.61. The first-order valence-corrected chi connectivity index (χ1v) is 5.22. The maximum Gasteiger partial charge on any atom is 0.162 e. The van der Waals surface area contributed by atoms with Crippen molar-refractivity contribution >= 4 is 27.3 Å². The second-order valence-electron chi connectivity index (χ2n) is 2.37. The Bertz CT molecular complexity index is 396. The summed E-state index contributed by atoms with van der Waals surface area (Å²) in [5.74, 6) is 0.727. The fourth-order valence-electron chi connectivity index (χ4n) is 0.936. The van der Waals surface area contributed by atoms with E-state index in [1.54, 1.807) is 6.26 Å². The fourth-order valence-corrected chi connectivity index (χ4v) is 2.38. The number of hydrogen-bond donors (Lipinski definition) is 1. The van der Waals surface area contributed by atoms with Gasteiger partial charge in [0.25, 0.3) is 0 Å². The summed E-state index contributed by atoms with van der Waals surface area (Å²) in [7, 11) is 0. The lowest BCUT2D eigenvalue weighted by Gasteiger charge is -1.85. The van der Waals surface area contributed by atoms with E-state index in [0.29, 0.717) is 4.60 Å². The molecule has 2 heterocycles. The van der Waals surface area contributed by atoms with Crippen LogP contribution in [-0.4, -0.2) is 10.1 Å². The topological polar surface area (TPSA) is 46.3 Å². The Labute approximate surface area is 87.2 Å². The molecule has 5 heteroatoms. The molecule has 0 radical (unpaired) electrons. The van der Waals surface area contributed by atoms with Gasteiger partial charge in [-0.3, -0.25) is 0 Å². The monoisotopic (exact) mass is 259 g/mol. The van der Waals surface area contributed by atoms with Gasteiger partial charge in [0.05, 0.1) is 17.7 Å². The van der Waals surface area contributed by atoms with Gasteiger partial charge in [-0.15, -0.1) is 11.3 Å². The van der Waals surface area contributed by atoms with Gasteiger partial charge in [0.1, 0.15) is 4.60 Å². The lowest BCUT2D eigenvalue weighted by atomic mass is 10.5. The number of furan rings is 1. The van der Waals surface area contributed by atoms with Gasteiger partial charge >= 0.3 is 0 Å². The van der Waals surface area contributed by atoms with Gasteiger partial charge in [0.2, 0.25) is 0 Å². The summed E-state index contributed by atoms with van der Waals surface area (Å²) >= 11 is 4.68. The van der Waals surface area contributed by atoms with Crippen LogP contribution in [0.1, 0.15) is 4.88 Å². The van der Waals surface area contributed by atoms with Crippen LogP contribution < -0.4 is 0 Å². The number of halogens is 1. The standard InChI is InChI=1S/C8H6BrNO2S/c9-7-6(4-11)13-8(10-7)5-2-1-3-12-5/h1-3,11H,4H2. The van der Waals surface area contributed by atoms with Crippen LogP contribution in [0.4, 0.5) is 0 Å². The van der Waals surface area contributed by atoms with Gasteiger partial charge in [0.15, 0.2) is 10.8 Å². The average Bonchev–Trinajstić information content (AvgIpc) is 2.71. The molecule has 0 aliphatic carbocycles. The van der Waals surface area contributed by atoms with Crippen LogP contribution in [-0.2, 0) is 6.61 Å². The van der Waals surface area contributed by atoms with E-state index in [4.69, 9.17) is 9.52 Å². The number of thiazole rings is 1. The number of hydrogen-bond acceptors (Lipinski definition) is 4. The van der Waals surface area contributed by atoms with E-state index in [9.17, 15) is 0 Å². The molecule has 0 aromatic carbocycles. The zero-order valence-electron chi connectivity index (χ0n) is 6.53. The molecule has 0 saturated heterocycles. The van der Waals surface area contributed by atoms with E-state index >= 15 is 0 Å². The molecule has 0 amide bonds. The quantitative estimate of drug-likeness (QED) is 0.902. The molecule has 2 aromatic heterocycles. The molecule has 13 heavy (non-hydrogen) atoms. The maximum atomic E-state index is 8.94. The summed E-state index contributed by atoms with van der Waals surface area (Å²) in [5.41, 5.74) is 0. The van der Waals surface area contributed by atoms with E-state index in [2.05, 4.69) is 20.9 Å². The highest BCUT2D eigenvalue weighted by atomic mass is 79.9. The fraction of sp³-hybridized carbons (Fsp3) is 0.125. The minimum Gasteiger partial charge on any atom is -0.462 e. The van der Waals surface area contributed by atoms with Gasteiger partial charge in [0, 0.05) is 0 Å². The van der Waals surface area contributed by atoms with Gasteiger partial charge < -0.3 is 9.52 Å². The molecule has 0 spiro atoms. The Morgan fingerprint density at radius 2 is 2.46 bits per heavy atom. The Kier molecular flexibility index (Phi) is 2.48. The summed E-state index contributed by atoms with van der Waals surface area (Å²) in [4.78, 5) is 5.02. The third-order valence-electron chi connectivity index (χ3n) is 1.53. The van der Waals surface area contributed by atoms with Crippen LogP contribution in [0.5, 0.6) is 0 Å². The number of aromatic nitrogens is 1. The van der Waals surface area contributed by atoms with Gasteiger partial charge in [-0.1, -0.05) is 0 Å². The highest BCUT2D eigenvalue weighted by Gasteiger charge is 2.10. The molecule has 2 aromatic rings. The summed E-state index contributed by atoms with van der Waals surface area (Å²) in [6.07, 6.45) is 1.60. The van der Waals surface area contributed by atoms with Crippen molar-refractivity contribution in [3.8, 4) is 10.8 Å². The SMILES string of the molecule is OCc1sc(-c2ccco2)nc1Br. The van der Waals surface area contributed by atoms with Crippen molar-refractivity contribution in [2.24, 2.45) is 0 Å². The van der Waals surface area contributed by atoms with E-state index in [1.807, 2.05) is 12.1 Å². The van der Waals surface area contributed by atoms with Gasteiger partial charge in [-0.2, -0.15) is 0 Å². The number of aliphatic hydroxyl groups is 1. The second-order valence-corrected chi connectivity index (χ2v) is 4.20. The Hall–Kier alpha value is -0.650. The van der Waals surface area contributed by atoms with Crippen LogP contribution >= 0.6 is 27.3 Å².